The van der Waals surface area contributed by atoms with Gasteiger partial charge in [-0.2, -0.15) is 5.10 Å². The number of hydrogen-bond donors (Lipinski definition) is 1. The van der Waals surface area contributed by atoms with Crippen molar-refractivity contribution in [3.05, 3.63) is 65.9 Å². The Morgan fingerprint density at radius 3 is 2.38 bits per heavy atom. The molecule has 1 aliphatic rings. The van der Waals surface area contributed by atoms with Gasteiger partial charge in [-0.1, -0.05) is 54.6 Å². The van der Waals surface area contributed by atoms with Crippen LogP contribution in [0.4, 0.5) is 0 Å². The zero-order valence-corrected chi connectivity index (χ0v) is 11.7. The number of ether oxygens (including phenoxy) is 1. The SMILES string of the molecule is c1ccc(-c2ccc(-c3n[nH]c4c3COCC4)cc2)cc1. The average molecular weight is 276 g/mol. The van der Waals surface area contributed by atoms with Gasteiger partial charge in [0.2, 0.25) is 0 Å². The van der Waals surface area contributed by atoms with Crippen molar-refractivity contribution in [1.29, 1.82) is 0 Å². The summed E-state index contributed by atoms with van der Waals surface area (Å²) >= 11 is 0. The van der Waals surface area contributed by atoms with E-state index in [9.17, 15) is 0 Å². The molecule has 3 aromatic rings. The van der Waals surface area contributed by atoms with Gasteiger partial charge in [0, 0.05) is 23.2 Å². The first-order valence-corrected chi connectivity index (χ1v) is 7.21. The average Bonchev–Trinajstić information content (AvgIpc) is 3.00. The van der Waals surface area contributed by atoms with Gasteiger partial charge in [-0.3, -0.25) is 5.10 Å². The molecule has 2 aromatic carbocycles. The fourth-order valence-electron chi connectivity index (χ4n) is 2.80. The molecule has 3 heteroatoms. The van der Waals surface area contributed by atoms with E-state index in [4.69, 9.17) is 4.74 Å². The van der Waals surface area contributed by atoms with Crippen LogP contribution in [0.25, 0.3) is 22.4 Å². The van der Waals surface area contributed by atoms with Crippen molar-refractivity contribution < 1.29 is 4.74 Å². The normalized spacial score (nSPS) is 13.9. The van der Waals surface area contributed by atoms with E-state index in [0.717, 1.165) is 24.3 Å². The second-order valence-corrected chi connectivity index (χ2v) is 5.28. The van der Waals surface area contributed by atoms with E-state index in [1.54, 1.807) is 0 Å². The van der Waals surface area contributed by atoms with Crippen molar-refractivity contribution in [3.8, 4) is 22.4 Å². The zero-order chi connectivity index (χ0) is 14.1. The quantitative estimate of drug-likeness (QED) is 0.772. The van der Waals surface area contributed by atoms with Gasteiger partial charge >= 0.3 is 0 Å². The van der Waals surface area contributed by atoms with Gasteiger partial charge in [-0.25, -0.2) is 0 Å². The Morgan fingerprint density at radius 2 is 1.57 bits per heavy atom. The summed E-state index contributed by atoms with van der Waals surface area (Å²) in [6, 6.07) is 19.0. The number of aromatic nitrogens is 2. The zero-order valence-electron chi connectivity index (χ0n) is 11.7. The van der Waals surface area contributed by atoms with Crippen molar-refractivity contribution in [1.82, 2.24) is 10.2 Å². The van der Waals surface area contributed by atoms with Crippen LogP contribution in [-0.2, 0) is 17.8 Å². The first kappa shape index (κ1) is 12.4. The third kappa shape index (κ3) is 2.26. The molecule has 0 radical (unpaired) electrons. The molecule has 0 saturated heterocycles. The first-order valence-electron chi connectivity index (χ1n) is 7.21. The molecule has 4 rings (SSSR count). The van der Waals surface area contributed by atoms with Gasteiger partial charge in [0.15, 0.2) is 0 Å². The minimum Gasteiger partial charge on any atom is -0.376 e. The molecule has 21 heavy (non-hydrogen) atoms. The van der Waals surface area contributed by atoms with Crippen LogP contribution in [0.15, 0.2) is 54.6 Å². The van der Waals surface area contributed by atoms with Crippen molar-refractivity contribution in [3.63, 3.8) is 0 Å². The van der Waals surface area contributed by atoms with E-state index in [0.29, 0.717) is 6.61 Å². The first-order chi connectivity index (χ1) is 10.4. The molecule has 0 aliphatic carbocycles. The van der Waals surface area contributed by atoms with E-state index < -0.39 is 0 Å². The minimum atomic E-state index is 0.654. The standard InChI is InChI=1S/C18H16N2O/c1-2-4-13(5-3-1)14-6-8-15(9-7-14)18-16-12-21-11-10-17(16)19-20-18/h1-9H,10-12H2,(H,19,20). The highest BCUT2D eigenvalue weighted by Crippen LogP contribution is 2.29. The Balaban J connectivity index is 1.69. The van der Waals surface area contributed by atoms with Crippen LogP contribution in [0.2, 0.25) is 0 Å². The van der Waals surface area contributed by atoms with E-state index in [2.05, 4.69) is 58.7 Å². The Labute approximate surface area is 123 Å². The maximum atomic E-state index is 5.55. The smallest absolute Gasteiger partial charge is 0.0978 e. The van der Waals surface area contributed by atoms with Gasteiger partial charge in [0.05, 0.1) is 18.9 Å². The van der Waals surface area contributed by atoms with Crippen LogP contribution >= 0.6 is 0 Å². The summed E-state index contributed by atoms with van der Waals surface area (Å²) in [5, 5.41) is 7.61. The Hall–Kier alpha value is -2.39. The monoisotopic (exact) mass is 276 g/mol. The number of hydrogen-bond acceptors (Lipinski definition) is 2. The van der Waals surface area contributed by atoms with Crippen molar-refractivity contribution in [2.45, 2.75) is 13.0 Å². The van der Waals surface area contributed by atoms with Crippen LogP contribution < -0.4 is 0 Å². The number of nitrogens with one attached hydrogen (secondary N) is 1. The molecule has 0 fully saturated rings. The molecule has 1 N–H and O–H groups in total. The molecule has 0 amide bonds. The van der Waals surface area contributed by atoms with Crippen molar-refractivity contribution in [2.75, 3.05) is 6.61 Å². The number of nitrogens with zero attached hydrogens (tertiary/aromatic N) is 1. The predicted octanol–water partition coefficient (Wildman–Crippen LogP) is 3.82. The number of benzene rings is 2. The van der Waals surface area contributed by atoms with Crippen molar-refractivity contribution in [2.24, 2.45) is 0 Å². The highest BCUT2D eigenvalue weighted by atomic mass is 16.5. The summed E-state index contributed by atoms with van der Waals surface area (Å²) in [7, 11) is 0. The van der Waals surface area contributed by atoms with E-state index >= 15 is 0 Å². The highest BCUT2D eigenvalue weighted by Gasteiger charge is 2.18. The van der Waals surface area contributed by atoms with Gasteiger partial charge in [-0.15, -0.1) is 0 Å². The summed E-state index contributed by atoms with van der Waals surface area (Å²) in [5.41, 5.74) is 7.02. The third-order valence-corrected chi connectivity index (χ3v) is 3.96. The van der Waals surface area contributed by atoms with Gasteiger partial charge in [-0.05, 0) is 11.1 Å². The summed E-state index contributed by atoms with van der Waals surface area (Å²) in [5.74, 6) is 0. The maximum absolute atomic E-state index is 5.55. The molecule has 1 aromatic heterocycles. The summed E-state index contributed by atoms with van der Waals surface area (Å²) in [6.07, 6.45) is 0.921. The van der Waals surface area contributed by atoms with Crippen LogP contribution in [0.1, 0.15) is 11.3 Å². The van der Waals surface area contributed by atoms with E-state index in [-0.39, 0.29) is 0 Å². The number of H-pyrrole nitrogens is 1. The van der Waals surface area contributed by atoms with Crippen LogP contribution in [0.3, 0.4) is 0 Å². The molecule has 0 unspecified atom stereocenters. The van der Waals surface area contributed by atoms with E-state index in [1.165, 1.54) is 22.4 Å². The van der Waals surface area contributed by atoms with E-state index in [1.807, 2.05) is 6.07 Å². The van der Waals surface area contributed by atoms with Crippen LogP contribution in [0, 0.1) is 0 Å². The summed E-state index contributed by atoms with van der Waals surface area (Å²) < 4.78 is 5.55. The molecular formula is C18H16N2O. The molecule has 3 nitrogen and oxygen atoms in total. The number of fused-ring (bicyclic) bond motifs is 1. The van der Waals surface area contributed by atoms with Gasteiger partial charge in [0.1, 0.15) is 0 Å². The number of aromatic amines is 1. The fraction of sp³-hybridized carbons (Fsp3) is 0.167. The van der Waals surface area contributed by atoms with Gasteiger partial charge < -0.3 is 4.74 Å². The highest BCUT2D eigenvalue weighted by molar-refractivity contribution is 5.70. The molecule has 0 spiro atoms. The second-order valence-electron chi connectivity index (χ2n) is 5.28. The van der Waals surface area contributed by atoms with Crippen molar-refractivity contribution >= 4 is 0 Å². The molecule has 0 atom stereocenters. The molecule has 1 aliphatic heterocycles. The number of rotatable bonds is 2. The molecule has 104 valence electrons. The summed E-state index contributed by atoms with van der Waals surface area (Å²) in [6.45, 7) is 1.43. The lowest BCUT2D eigenvalue weighted by Crippen LogP contribution is -2.08. The third-order valence-electron chi connectivity index (χ3n) is 3.96. The topological polar surface area (TPSA) is 37.9 Å². The molecule has 0 saturated carbocycles. The fourth-order valence-corrected chi connectivity index (χ4v) is 2.80. The Kier molecular flexibility index (Phi) is 3.05. The Bertz CT molecular complexity index is 745. The maximum Gasteiger partial charge on any atom is 0.0978 e. The lowest BCUT2D eigenvalue weighted by atomic mass is 10.00. The van der Waals surface area contributed by atoms with Gasteiger partial charge in [0.25, 0.3) is 0 Å². The largest absolute Gasteiger partial charge is 0.376 e. The molecular weight excluding hydrogens is 260 g/mol. The molecule has 2 heterocycles. The van der Waals surface area contributed by atoms with Crippen LogP contribution in [0.5, 0.6) is 0 Å². The molecule has 0 bridgehead atoms. The van der Waals surface area contributed by atoms with Crippen LogP contribution in [-0.4, -0.2) is 16.8 Å². The predicted molar refractivity (Wildman–Crippen MR) is 82.8 cm³/mol. The lowest BCUT2D eigenvalue weighted by Gasteiger charge is -2.12. The summed E-state index contributed by atoms with van der Waals surface area (Å²) in [4.78, 5) is 0. The second kappa shape index (κ2) is 5.19. The lowest BCUT2D eigenvalue weighted by molar-refractivity contribution is 0.110. The minimum absolute atomic E-state index is 0.654. The Morgan fingerprint density at radius 1 is 0.857 bits per heavy atom.